The number of rotatable bonds is 2. The summed E-state index contributed by atoms with van der Waals surface area (Å²) in [6.45, 7) is 8.53. The SMILES string of the molecule is CCOC(=O)C1C(=O)NCC12CCN(C(=O)OC(C)(C)C)C2. The quantitative estimate of drug-likeness (QED) is 0.605. The van der Waals surface area contributed by atoms with Crippen LogP contribution in [-0.2, 0) is 19.1 Å². The third kappa shape index (κ3) is 3.18. The predicted molar refractivity (Wildman–Crippen MR) is 78.0 cm³/mol. The highest BCUT2D eigenvalue weighted by Crippen LogP contribution is 2.42. The van der Waals surface area contributed by atoms with Gasteiger partial charge >= 0.3 is 12.1 Å². The molecule has 0 bridgehead atoms. The van der Waals surface area contributed by atoms with E-state index in [0.29, 0.717) is 26.1 Å². The van der Waals surface area contributed by atoms with Crippen molar-refractivity contribution in [2.45, 2.75) is 39.7 Å². The molecule has 2 atom stereocenters. The van der Waals surface area contributed by atoms with Gasteiger partial charge in [0.15, 0.2) is 0 Å². The van der Waals surface area contributed by atoms with Crippen LogP contribution in [0.2, 0.25) is 0 Å². The Morgan fingerprint density at radius 3 is 2.68 bits per heavy atom. The number of ether oxygens (including phenoxy) is 2. The van der Waals surface area contributed by atoms with E-state index in [4.69, 9.17) is 9.47 Å². The number of carbonyl (C=O) groups is 3. The van der Waals surface area contributed by atoms with Crippen molar-refractivity contribution in [1.82, 2.24) is 10.2 Å². The molecule has 0 saturated carbocycles. The molecule has 0 aliphatic carbocycles. The average Bonchev–Trinajstić information content (AvgIpc) is 2.93. The van der Waals surface area contributed by atoms with Crippen molar-refractivity contribution >= 4 is 18.0 Å². The Kier molecular flexibility index (Phi) is 4.35. The number of hydrogen-bond acceptors (Lipinski definition) is 5. The van der Waals surface area contributed by atoms with Crippen molar-refractivity contribution in [2.75, 3.05) is 26.2 Å². The molecule has 2 rings (SSSR count). The van der Waals surface area contributed by atoms with Gasteiger partial charge in [-0.05, 0) is 34.1 Å². The van der Waals surface area contributed by atoms with Crippen LogP contribution in [-0.4, -0.2) is 54.7 Å². The van der Waals surface area contributed by atoms with Crippen molar-refractivity contribution in [3.8, 4) is 0 Å². The van der Waals surface area contributed by atoms with Gasteiger partial charge in [0, 0.05) is 25.0 Å². The summed E-state index contributed by atoms with van der Waals surface area (Å²) >= 11 is 0. The van der Waals surface area contributed by atoms with Crippen LogP contribution in [0.25, 0.3) is 0 Å². The van der Waals surface area contributed by atoms with Crippen LogP contribution >= 0.6 is 0 Å². The van der Waals surface area contributed by atoms with E-state index in [0.717, 1.165) is 0 Å². The molecule has 7 nitrogen and oxygen atoms in total. The third-order valence-corrected chi connectivity index (χ3v) is 4.05. The van der Waals surface area contributed by atoms with E-state index in [2.05, 4.69) is 5.32 Å². The Bertz CT molecular complexity index is 485. The summed E-state index contributed by atoms with van der Waals surface area (Å²) in [5, 5.41) is 2.73. The van der Waals surface area contributed by atoms with Gasteiger partial charge < -0.3 is 19.7 Å². The second-order valence-electron chi connectivity index (χ2n) is 6.92. The summed E-state index contributed by atoms with van der Waals surface area (Å²) < 4.78 is 10.4. The molecule has 2 aliphatic heterocycles. The lowest BCUT2D eigenvalue weighted by atomic mass is 9.77. The molecule has 2 unspecified atom stereocenters. The standard InChI is InChI=1S/C15H24N2O5/c1-5-21-12(19)10-11(18)16-8-15(10)6-7-17(9-15)13(20)22-14(2,3)4/h10H,5-9H2,1-4H3,(H,16,18). The van der Waals surface area contributed by atoms with Gasteiger partial charge in [0.1, 0.15) is 11.5 Å². The van der Waals surface area contributed by atoms with Gasteiger partial charge in [-0.3, -0.25) is 9.59 Å². The number of esters is 1. The van der Waals surface area contributed by atoms with Crippen molar-refractivity contribution in [2.24, 2.45) is 11.3 Å². The van der Waals surface area contributed by atoms with Gasteiger partial charge in [0.05, 0.1) is 6.61 Å². The second-order valence-corrected chi connectivity index (χ2v) is 6.92. The fourth-order valence-electron chi connectivity index (χ4n) is 3.09. The Morgan fingerprint density at radius 2 is 2.09 bits per heavy atom. The Morgan fingerprint density at radius 1 is 1.41 bits per heavy atom. The highest BCUT2D eigenvalue weighted by atomic mass is 16.6. The molecule has 2 amide bonds. The van der Waals surface area contributed by atoms with Gasteiger partial charge in [0.25, 0.3) is 0 Å². The number of nitrogens with zero attached hydrogens (tertiary/aromatic N) is 1. The fourth-order valence-corrected chi connectivity index (χ4v) is 3.09. The zero-order chi connectivity index (χ0) is 16.5. The number of likely N-dealkylation sites (tertiary alicyclic amines) is 1. The molecule has 22 heavy (non-hydrogen) atoms. The molecular weight excluding hydrogens is 288 g/mol. The molecule has 2 fully saturated rings. The molecule has 1 spiro atoms. The number of carbonyl (C=O) groups excluding carboxylic acids is 3. The molecule has 0 radical (unpaired) electrons. The zero-order valence-electron chi connectivity index (χ0n) is 13.6. The smallest absolute Gasteiger partial charge is 0.410 e. The molecule has 124 valence electrons. The van der Waals surface area contributed by atoms with Crippen molar-refractivity contribution in [1.29, 1.82) is 0 Å². The van der Waals surface area contributed by atoms with E-state index in [9.17, 15) is 14.4 Å². The van der Waals surface area contributed by atoms with Crippen LogP contribution in [0.4, 0.5) is 4.79 Å². The van der Waals surface area contributed by atoms with Crippen molar-refractivity contribution < 1.29 is 23.9 Å². The lowest BCUT2D eigenvalue weighted by molar-refractivity contribution is -0.154. The van der Waals surface area contributed by atoms with E-state index >= 15 is 0 Å². The van der Waals surface area contributed by atoms with E-state index in [1.165, 1.54) is 0 Å². The van der Waals surface area contributed by atoms with Crippen LogP contribution in [0.15, 0.2) is 0 Å². The molecule has 2 saturated heterocycles. The molecule has 2 heterocycles. The first-order valence-electron chi connectivity index (χ1n) is 7.61. The molecule has 0 aromatic carbocycles. The van der Waals surface area contributed by atoms with Crippen LogP contribution < -0.4 is 5.32 Å². The minimum atomic E-state index is -0.847. The van der Waals surface area contributed by atoms with E-state index in [-0.39, 0.29) is 12.5 Å². The summed E-state index contributed by atoms with van der Waals surface area (Å²) in [7, 11) is 0. The number of amides is 2. The van der Waals surface area contributed by atoms with Crippen LogP contribution in [0.3, 0.4) is 0 Å². The molecule has 0 aromatic heterocycles. The van der Waals surface area contributed by atoms with Crippen molar-refractivity contribution in [3.05, 3.63) is 0 Å². The maximum Gasteiger partial charge on any atom is 0.410 e. The molecule has 7 heteroatoms. The average molecular weight is 312 g/mol. The molecule has 2 aliphatic rings. The summed E-state index contributed by atoms with van der Waals surface area (Å²) in [6, 6.07) is 0. The van der Waals surface area contributed by atoms with Gasteiger partial charge in [0.2, 0.25) is 5.91 Å². The van der Waals surface area contributed by atoms with E-state index < -0.39 is 29.0 Å². The zero-order valence-corrected chi connectivity index (χ0v) is 13.6. The topological polar surface area (TPSA) is 84.9 Å². The lowest BCUT2D eigenvalue weighted by Gasteiger charge is -2.28. The van der Waals surface area contributed by atoms with Gasteiger partial charge in [-0.15, -0.1) is 0 Å². The maximum absolute atomic E-state index is 12.2. The summed E-state index contributed by atoms with van der Waals surface area (Å²) in [5.74, 6) is -1.67. The van der Waals surface area contributed by atoms with Crippen LogP contribution in [0.5, 0.6) is 0 Å². The Labute approximate surface area is 130 Å². The molecule has 0 aromatic rings. The normalized spacial score (nSPS) is 27.9. The van der Waals surface area contributed by atoms with E-state index in [1.807, 2.05) is 0 Å². The predicted octanol–water partition coefficient (Wildman–Crippen LogP) is 0.923. The summed E-state index contributed by atoms with van der Waals surface area (Å²) in [6.07, 6.45) is 0.167. The largest absolute Gasteiger partial charge is 0.465 e. The number of nitrogens with one attached hydrogen (secondary N) is 1. The summed E-state index contributed by atoms with van der Waals surface area (Å²) in [4.78, 5) is 37.8. The first kappa shape index (κ1) is 16.6. The third-order valence-electron chi connectivity index (χ3n) is 4.05. The van der Waals surface area contributed by atoms with Gasteiger partial charge in [-0.25, -0.2) is 4.79 Å². The molecular formula is C15H24N2O5. The van der Waals surface area contributed by atoms with Crippen molar-refractivity contribution in [3.63, 3.8) is 0 Å². The highest BCUT2D eigenvalue weighted by molar-refractivity contribution is 6.00. The first-order valence-corrected chi connectivity index (χ1v) is 7.61. The lowest BCUT2D eigenvalue weighted by Crippen LogP contribution is -2.42. The maximum atomic E-state index is 12.2. The van der Waals surface area contributed by atoms with E-state index in [1.54, 1.807) is 32.6 Å². The molecule has 1 N–H and O–H groups in total. The first-order chi connectivity index (χ1) is 10.2. The Hall–Kier alpha value is -1.79. The number of hydrogen-bond donors (Lipinski definition) is 1. The fraction of sp³-hybridized carbons (Fsp3) is 0.800. The highest BCUT2D eigenvalue weighted by Gasteiger charge is 2.57. The van der Waals surface area contributed by atoms with Gasteiger partial charge in [-0.1, -0.05) is 0 Å². The Balaban J connectivity index is 2.10. The summed E-state index contributed by atoms with van der Waals surface area (Å²) in [5.41, 5.74) is -1.16. The van der Waals surface area contributed by atoms with Crippen LogP contribution in [0, 0.1) is 11.3 Å². The second kappa shape index (κ2) is 5.78. The minimum Gasteiger partial charge on any atom is -0.465 e. The van der Waals surface area contributed by atoms with Crippen LogP contribution in [0.1, 0.15) is 34.1 Å². The minimum absolute atomic E-state index is 0.231. The van der Waals surface area contributed by atoms with Gasteiger partial charge in [-0.2, -0.15) is 0 Å². The monoisotopic (exact) mass is 312 g/mol.